The molecule has 19 heavy (non-hydrogen) atoms. The van der Waals surface area contributed by atoms with E-state index < -0.39 is 0 Å². The molecule has 0 fully saturated rings. The summed E-state index contributed by atoms with van der Waals surface area (Å²) in [6, 6.07) is 2.85. The van der Waals surface area contributed by atoms with Crippen LogP contribution < -0.4 is 5.32 Å². The number of unbranched alkanes of at least 4 members (excludes halogenated alkanes) is 1. The standard InChI is InChI=1S/C16H29N3/c1-5-7-8-13(6-2)14-11-16-17-10-9-15(12(3)4)19(16)18-14/h11-13,15,17H,5-10H2,1-4H3. The van der Waals surface area contributed by atoms with Gasteiger partial charge in [-0.3, -0.25) is 0 Å². The second kappa shape index (κ2) is 6.44. The number of nitrogens with one attached hydrogen (secondary N) is 1. The van der Waals surface area contributed by atoms with Crippen LogP contribution >= 0.6 is 0 Å². The van der Waals surface area contributed by atoms with Crippen LogP contribution in [0.5, 0.6) is 0 Å². The molecule has 1 aliphatic rings. The lowest BCUT2D eigenvalue weighted by Crippen LogP contribution is -2.26. The number of nitrogens with zero attached hydrogens (tertiary/aromatic N) is 2. The van der Waals surface area contributed by atoms with Crippen molar-refractivity contribution < 1.29 is 0 Å². The van der Waals surface area contributed by atoms with Gasteiger partial charge in [0.2, 0.25) is 0 Å². The molecule has 0 saturated heterocycles. The van der Waals surface area contributed by atoms with Crippen molar-refractivity contribution in [3.63, 3.8) is 0 Å². The summed E-state index contributed by atoms with van der Waals surface area (Å²) in [5.41, 5.74) is 1.30. The van der Waals surface area contributed by atoms with Crippen molar-refractivity contribution in [3.8, 4) is 0 Å². The van der Waals surface area contributed by atoms with Crippen molar-refractivity contribution in [1.82, 2.24) is 9.78 Å². The Morgan fingerprint density at radius 1 is 1.42 bits per heavy atom. The Hall–Kier alpha value is -0.990. The van der Waals surface area contributed by atoms with Gasteiger partial charge >= 0.3 is 0 Å². The lowest BCUT2D eigenvalue weighted by atomic mass is 9.96. The van der Waals surface area contributed by atoms with Crippen LogP contribution in [0.3, 0.4) is 0 Å². The van der Waals surface area contributed by atoms with E-state index in [9.17, 15) is 0 Å². The molecule has 1 aliphatic heterocycles. The molecule has 1 N–H and O–H groups in total. The topological polar surface area (TPSA) is 29.9 Å². The summed E-state index contributed by atoms with van der Waals surface area (Å²) in [5, 5.41) is 8.44. The van der Waals surface area contributed by atoms with Crippen molar-refractivity contribution in [2.45, 2.75) is 71.8 Å². The van der Waals surface area contributed by atoms with E-state index in [1.54, 1.807) is 0 Å². The van der Waals surface area contributed by atoms with Crippen LogP contribution in [0.25, 0.3) is 0 Å². The molecule has 0 aromatic carbocycles. The van der Waals surface area contributed by atoms with Gasteiger partial charge in [-0.15, -0.1) is 0 Å². The van der Waals surface area contributed by atoms with E-state index in [1.165, 1.54) is 43.6 Å². The van der Waals surface area contributed by atoms with Gasteiger partial charge in [0.15, 0.2) is 0 Å². The normalized spacial score (nSPS) is 20.2. The first kappa shape index (κ1) is 14.4. The number of rotatable bonds is 6. The van der Waals surface area contributed by atoms with E-state index in [-0.39, 0.29) is 0 Å². The van der Waals surface area contributed by atoms with Gasteiger partial charge in [0.1, 0.15) is 5.82 Å². The highest BCUT2D eigenvalue weighted by molar-refractivity contribution is 5.40. The molecule has 0 bridgehead atoms. The van der Waals surface area contributed by atoms with Gasteiger partial charge in [-0.1, -0.05) is 40.5 Å². The van der Waals surface area contributed by atoms with E-state index in [0.29, 0.717) is 17.9 Å². The van der Waals surface area contributed by atoms with Gasteiger partial charge in [-0.25, -0.2) is 4.68 Å². The van der Waals surface area contributed by atoms with Crippen LogP contribution in [0.1, 0.15) is 77.5 Å². The Labute approximate surface area is 117 Å². The van der Waals surface area contributed by atoms with Crippen molar-refractivity contribution >= 4 is 5.82 Å². The Morgan fingerprint density at radius 2 is 2.21 bits per heavy atom. The maximum absolute atomic E-state index is 4.93. The largest absolute Gasteiger partial charge is 0.370 e. The zero-order valence-electron chi connectivity index (χ0n) is 12.9. The lowest BCUT2D eigenvalue weighted by molar-refractivity contribution is 0.320. The summed E-state index contributed by atoms with van der Waals surface area (Å²) in [4.78, 5) is 0. The molecule has 1 aromatic rings. The molecule has 0 amide bonds. The monoisotopic (exact) mass is 263 g/mol. The number of anilines is 1. The number of fused-ring (bicyclic) bond motifs is 1. The highest BCUT2D eigenvalue weighted by atomic mass is 15.4. The molecule has 2 heterocycles. The molecule has 0 spiro atoms. The summed E-state index contributed by atoms with van der Waals surface area (Å²) >= 11 is 0. The average Bonchev–Trinajstić information content (AvgIpc) is 2.82. The third-order valence-corrected chi connectivity index (χ3v) is 4.40. The first-order valence-corrected chi connectivity index (χ1v) is 8.00. The van der Waals surface area contributed by atoms with Crippen molar-refractivity contribution in [1.29, 1.82) is 0 Å². The predicted molar refractivity (Wildman–Crippen MR) is 81.8 cm³/mol. The summed E-state index contributed by atoms with van der Waals surface area (Å²) in [6.07, 6.45) is 6.24. The van der Waals surface area contributed by atoms with Crippen LogP contribution in [-0.4, -0.2) is 16.3 Å². The highest BCUT2D eigenvalue weighted by Crippen LogP contribution is 2.33. The van der Waals surface area contributed by atoms with Gasteiger partial charge in [-0.2, -0.15) is 5.10 Å². The molecule has 3 heteroatoms. The molecule has 2 rings (SSSR count). The number of aromatic nitrogens is 2. The third kappa shape index (κ3) is 3.13. The van der Waals surface area contributed by atoms with E-state index in [4.69, 9.17) is 5.10 Å². The first-order valence-electron chi connectivity index (χ1n) is 8.00. The average molecular weight is 263 g/mol. The molecule has 1 aromatic heterocycles. The highest BCUT2D eigenvalue weighted by Gasteiger charge is 2.25. The van der Waals surface area contributed by atoms with E-state index in [1.807, 2.05) is 0 Å². The molecule has 2 unspecified atom stereocenters. The zero-order valence-corrected chi connectivity index (χ0v) is 12.9. The molecule has 0 saturated carbocycles. The molecular weight excluding hydrogens is 234 g/mol. The number of hydrogen-bond donors (Lipinski definition) is 1. The summed E-state index contributed by atoms with van der Waals surface area (Å²) in [5.74, 6) is 2.52. The fraction of sp³-hybridized carbons (Fsp3) is 0.812. The van der Waals surface area contributed by atoms with Gasteiger partial charge in [0, 0.05) is 18.5 Å². The van der Waals surface area contributed by atoms with E-state index >= 15 is 0 Å². The minimum absolute atomic E-state index is 0.564. The molecule has 2 atom stereocenters. The van der Waals surface area contributed by atoms with Gasteiger partial charge in [0.05, 0.1) is 11.7 Å². The lowest BCUT2D eigenvalue weighted by Gasteiger charge is -2.28. The van der Waals surface area contributed by atoms with Crippen LogP contribution in [0, 0.1) is 5.92 Å². The molecule has 0 aliphatic carbocycles. The van der Waals surface area contributed by atoms with Crippen molar-refractivity contribution in [2.24, 2.45) is 5.92 Å². The molecule has 0 radical (unpaired) electrons. The predicted octanol–water partition coefficient (Wildman–Crippen LogP) is 4.58. The SMILES string of the molecule is CCCCC(CC)c1cc2n(n1)C(C(C)C)CCN2. The minimum atomic E-state index is 0.564. The number of hydrogen-bond acceptors (Lipinski definition) is 2. The van der Waals surface area contributed by atoms with Crippen LogP contribution in [0.2, 0.25) is 0 Å². The van der Waals surface area contributed by atoms with E-state index in [2.05, 4.69) is 43.8 Å². The summed E-state index contributed by atoms with van der Waals surface area (Å²) in [7, 11) is 0. The maximum Gasteiger partial charge on any atom is 0.124 e. The van der Waals surface area contributed by atoms with Crippen LogP contribution in [-0.2, 0) is 0 Å². The maximum atomic E-state index is 4.93. The van der Waals surface area contributed by atoms with Crippen LogP contribution in [0.4, 0.5) is 5.82 Å². The fourth-order valence-corrected chi connectivity index (χ4v) is 3.10. The molecule has 3 nitrogen and oxygen atoms in total. The molecular formula is C16H29N3. The third-order valence-electron chi connectivity index (χ3n) is 4.40. The Balaban J connectivity index is 2.20. The zero-order chi connectivity index (χ0) is 13.8. The smallest absolute Gasteiger partial charge is 0.124 e. The second-order valence-electron chi connectivity index (χ2n) is 6.17. The van der Waals surface area contributed by atoms with E-state index in [0.717, 1.165) is 6.54 Å². The van der Waals surface area contributed by atoms with Gasteiger partial charge in [0.25, 0.3) is 0 Å². The van der Waals surface area contributed by atoms with Crippen molar-refractivity contribution in [2.75, 3.05) is 11.9 Å². The summed E-state index contributed by atoms with van der Waals surface area (Å²) < 4.78 is 2.25. The Kier molecular flexibility index (Phi) is 4.89. The van der Waals surface area contributed by atoms with Crippen molar-refractivity contribution in [3.05, 3.63) is 11.8 Å². The van der Waals surface area contributed by atoms with Gasteiger partial charge < -0.3 is 5.32 Å². The quantitative estimate of drug-likeness (QED) is 0.814. The van der Waals surface area contributed by atoms with Crippen LogP contribution in [0.15, 0.2) is 6.07 Å². The minimum Gasteiger partial charge on any atom is -0.370 e. The molecule has 108 valence electrons. The first-order chi connectivity index (χ1) is 9.17. The second-order valence-corrected chi connectivity index (χ2v) is 6.17. The Morgan fingerprint density at radius 3 is 2.84 bits per heavy atom. The fourth-order valence-electron chi connectivity index (χ4n) is 3.10. The van der Waals surface area contributed by atoms with Gasteiger partial charge in [-0.05, 0) is 25.2 Å². The summed E-state index contributed by atoms with van der Waals surface area (Å²) in [6.45, 7) is 10.2. The Bertz CT molecular complexity index is 395.